The number of amides is 1. The number of hydrogen-bond acceptors (Lipinski definition) is 4. The lowest BCUT2D eigenvalue weighted by molar-refractivity contribution is -0.147. The van der Waals surface area contributed by atoms with Crippen molar-refractivity contribution in [1.29, 1.82) is 0 Å². The highest BCUT2D eigenvalue weighted by molar-refractivity contribution is 5.86. The van der Waals surface area contributed by atoms with Crippen molar-refractivity contribution in [2.75, 3.05) is 6.61 Å². The van der Waals surface area contributed by atoms with Crippen LogP contribution >= 0.6 is 0 Å². The summed E-state index contributed by atoms with van der Waals surface area (Å²) in [5.74, 6) is -0.519. The molecule has 2 rings (SSSR count). The Morgan fingerprint density at radius 3 is 2.77 bits per heavy atom. The Morgan fingerprint density at radius 1 is 1.36 bits per heavy atom. The molecule has 1 heterocycles. The zero-order chi connectivity index (χ0) is 15.8. The zero-order valence-corrected chi connectivity index (χ0v) is 12.8. The van der Waals surface area contributed by atoms with E-state index in [2.05, 4.69) is 16.4 Å². The Labute approximate surface area is 130 Å². The van der Waals surface area contributed by atoms with Crippen molar-refractivity contribution in [3.8, 4) is 0 Å². The normalized spacial score (nSPS) is 18.5. The van der Waals surface area contributed by atoms with Gasteiger partial charge in [0.2, 0.25) is 5.91 Å². The van der Waals surface area contributed by atoms with Gasteiger partial charge in [-0.25, -0.2) is 4.79 Å². The molecule has 1 aliphatic rings. The predicted octanol–water partition coefficient (Wildman–Crippen LogP) is 2.03. The Balaban J connectivity index is 2.02. The SMILES string of the molecule is CCOC(=O)[C@H](Cc1ccncc1)NC(=O)[C@H]1CC=CCC1. The monoisotopic (exact) mass is 302 g/mol. The number of hydrogen-bond donors (Lipinski definition) is 1. The lowest BCUT2D eigenvalue weighted by Gasteiger charge is -2.22. The first kappa shape index (κ1) is 16.2. The van der Waals surface area contributed by atoms with Gasteiger partial charge in [-0.05, 0) is 43.9 Å². The summed E-state index contributed by atoms with van der Waals surface area (Å²) in [4.78, 5) is 28.4. The summed E-state index contributed by atoms with van der Waals surface area (Å²) in [5, 5.41) is 2.85. The van der Waals surface area contributed by atoms with Crippen molar-refractivity contribution in [3.63, 3.8) is 0 Å². The quantitative estimate of drug-likeness (QED) is 0.645. The minimum Gasteiger partial charge on any atom is -0.464 e. The summed E-state index contributed by atoms with van der Waals surface area (Å²) in [6, 6.07) is 3.02. The highest BCUT2D eigenvalue weighted by Crippen LogP contribution is 2.18. The molecule has 0 radical (unpaired) electrons. The maximum Gasteiger partial charge on any atom is 0.328 e. The molecule has 1 amide bonds. The largest absolute Gasteiger partial charge is 0.464 e. The number of allylic oxidation sites excluding steroid dienone is 2. The smallest absolute Gasteiger partial charge is 0.328 e. The number of carbonyl (C=O) groups excluding carboxylic acids is 2. The number of pyridine rings is 1. The third-order valence-corrected chi connectivity index (χ3v) is 3.72. The maximum absolute atomic E-state index is 12.3. The first-order chi connectivity index (χ1) is 10.7. The van der Waals surface area contributed by atoms with E-state index in [0.29, 0.717) is 13.0 Å². The van der Waals surface area contributed by atoms with Gasteiger partial charge in [-0.2, -0.15) is 0 Å². The van der Waals surface area contributed by atoms with Crippen molar-refractivity contribution in [1.82, 2.24) is 10.3 Å². The van der Waals surface area contributed by atoms with Crippen LogP contribution in [0.25, 0.3) is 0 Å². The summed E-state index contributed by atoms with van der Waals surface area (Å²) >= 11 is 0. The molecule has 22 heavy (non-hydrogen) atoms. The Hall–Kier alpha value is -2.17. The van der Waals surface area contributed by atoms with Gasteiger partial charge in [-0.15, -0.1) is 0 Å². The summed E-state index contributed by atoms with van der Waals surface area (Å²) < 4.78 is 5.08. The molecule has 0 aliphatic heterocycles. The molecular formula is C17H22N2O3. The van der Waals surface area contributed by atoms with Crippen LogP contribution < -0.4 is 5.32 Å². The Bertz CT molecular complexity index is 528. The average Bonchev–Trinajstić information content (AvgIpc) is 2.56. The van der Waals surface area contributed by atoms with Gasteiger partial charge in [0, 0.05) is 24.7 Å². The molecule has 0 spiro atoms. The van der Waals surface area contributed by atoms with E-state index in [-0.39, 0.29) is 17.8 Å². The number of ether oxygens (including phenoxy) is 1. The van der Waals surface area contributed by atoms with E-state index in [9.17, 15) is 9.59 Å². The number of nitrogens with zero attached hydrogens (tertiary/aromatic N) is 1. The molecule has 0 saturated carbocycles. The van der Waals surface area contributed by atoms with Crippen LogP contribution in [0, 0.1) is 5.92 Å². The summed E-state index contributed by atoms with van der Waals surface area (Å²) in [6.07, 6.45) is 10.3. The molecule has 0 aromatic carbocycles. The minimum atomic E-state index is -0.652. The molecular weight excluding hydrogens is 280 g/mol. The first-order valence-electron chi connectivity index (χ1n) is 7.71. The van der Waals surface area contributed by atoms with E-state index in [1.54, 1.807) is 19.3 Å². The molecule has 1 N–H and O–H groups in total. The lowest BCUT2D eigenvalue weighted by Crippen LogP contribution is -2.46. The maximum atomic E-state index is 12.3. The van der Waals surface area contributed by atoms with Crippen molar-refractivity contribution < 1.29 is 14.3 Å². The molecule has 2 atom stereocenters. The fourth-order valence-corrected chi connectivity index (χ4v) is 2.51. The second kappa shape index (κ2) is 8.32. The second-order valence-corrected chi connectivity index (χ2v) is 5.35. The molecule has 5 nitrogen and oxygen atoms in total. The van der Waals surface area contributed by atoms with E-state index in [1.165, 1.54) is 0 Å². The van der Waals surface area contributed by atoms with E-state index in [0.717, 1.165) is 24.8 Å². The fourth-order valence-electron chi connectivity index (χ4n) is 2.51. The van der Waals surface area contributed by atoms with Gasteiger partial charge in [-0.3, -0.25) is 9.78 Å². The van der Waals surface area contributed by atoms with Crippen molar-refractivity contribution in [2.45, 2.75) is 38.6 Å². The highest BCUT2D eigenvalue weighted by atomic mass is 16.5. The van der Waals surface area contributed by atoms with Crippen LogP contribution in [-0.4, -0.2) is 29.5 Å². The fraction of sp³-hybridized carbons (Fsp3) is 0.471. The van der Waals surface area contributed by atoms with Crippen molar-refractivity contribution in [3.05, 3.63) is 42.2 Å². The van der Waals surface area contributed by atoms with E-state index < -0.39 is 6.04 Å². The molecule has 0 saturated heterocycles. The number of carbonyl (C=O) groups is 2. The Morgan fingerprint density at radius 2 is 2.14 bits per heavy atom. The highest BCUT2D eigenvalue weighted by Gasteiger charge is 2.26. The molecule has 5 heteroatoms. The van der Waals surface area contributed by atoms with Crippen molar-refractivity contribution in [2.24, 2.45) is 5.92 Å². The standard InChI is InChI=1S/C17H22N2O3/c1-2-22-17(21)15(12-13-8-10-18-11-9-13)19-16(20)14-6-4-3-5-7-14/h3-4,8-11,14-15H,2,5-7,12H2,1H3,(H,19,20)/t14-,15-/m0/s1. The van der Waals surface area contributed by atoms with Crippen LogP contribution in [0.15, 0.2) is 36.7 Å². The van der Waals surface area contributed by atoms with Crippen LogP contribution in [0.2, 0.25) is 0 Å². The number of rotatable bonds is 6. The number of nitrogens with one attached hydrogen (secondary N) is 1. The third-order valence-electron chi connectivity index (χ3n) is 3.72. The van der Waals surface area contributed by atoms with Gasteiger partial charge in [0.1, 0.15) is 6.04 Å². The predicted molar refractivity (Wildman–Crippen MR) is 83.0 cm³/mol. The Kier molecular flexibility index (Phi) is 6.13. The van der Waals surface area contributed by atoms with Crippen LogP contribution in [-0.2, 0) is 20.7 Å². The van der Waals surface area contributed by atoms with Crippen LogP contribution in [0.5, 0.6) is 0 Å². The molecule has 0 bridgehead atoms. The second-order valence-electron chi connectivity index (χ2n) is 5.35. The van der Waals surface area contributed by atoms with Gasteiger partial charge in [-0.1, -0.05) is 12.2 Å². The van der Waals surface area contributed by atoms with Gasteiger partial charge in [0.05, 0.1) is 6.61 Å². The number of esters is 1. The topological polar surface area (TPSA) is 68.3 Å². The van der Waals surface area contributed by atoms with Gasteiger partial charge in [0.25, 0.3) is 0 Å². The minimum absolute atomic E-state index is 0.0561. The van der Waals surface area contributed by atoms with Crippen LogP contribution in [0.3, 0.4) is 0 Å². The van der Waals surface area contributed by atoms with Gasteiger partial charge < -0.3 is 10.1 Å². The van der Waals surface area contributed by atoms with Gasteiger partial charge in [0.15, 0.2) is 0 Å². The van der Waals surface area contributed by atoms with E-state index in [1.807, 2.05) is 18.2 Å². The van der Waals surface area contributed by atoms with E-state index in [4.69, 9.17) is 4.74 Å². The molecule has 118 valence electrons. The zero-order valence-electron chi connectivity index (χ0n) is 12.8. The average molecular weight is 302 g/mol. The molecule has 1 aromatic heterocycles. The first-order valence-corrected chi connectivity index (χ1v) is 7.71. The molecule has 0 unspecified atom stereocenters. The van der Waals surface area contributed by atoms with Crippen molar-refractivity contribution >= 4 is 11.9 Å². The van der Waals surface area contributed by atoms with E-state index >= 15 is 0 Å². The number of aromatic nitrogens is 1. The van der Waals surface area contributed by atoms with Crippen LogP contribution in [0.1, 0.15) is 31.7 Å². The van der Waals surface area contributed by atoms with Crippen LogP contribution in [0.4, 0.5) is 0 Å². The van der Waals surface area contributed by atoms with Gasteiger partial charge >= 0.3 is 5.97 Å². The molecule has 0 fully saturated rings. The summed E-state index contributed by atoms with van der Waals surface area (Å²) in [7, 11) is 0. The molecule has 1 aliphatic carbocycles. The summed E-state index contributed by atoms with van der Waals surface area (Å²) in [6.45, 7) is 2.06. The third kappa shape index (κ3) is 4.69. The summed E-state index contributed by atoms with van der Waals surface area (Å²) in [5.41, 5.74) is 0.942. The molecule has 1 aromatic rings. The lowest BCUT2D eigenvalue weighted by atomic mass is 9.93.